The summed E-state index contributed by atoms with van der Waals surface area (Å²) in [5.41, 5.74) is 20.7. The number of nitrogens with zero attached hydrogens (tertiary/aromatic N) is 1. The van der Waals surface area contributed by atoms with Gasteiger partial charge in [-0.05, 0) is 128 Å². The Morgan fingerprint density at radius 1 is 0.300 bits per heavy atom. The van der Waals surface area contributed by atoms with Crippen molar-refractivity contribution in [2.24, 2.45) is 0 Å². The van der Waals surface area contributed by atoms with Gasteiger partial charge in [0.05, 0.1) is 11.1 Å². The Bertz CT molecular complexity index is 4070. The van der Waals surface area contributed by atoms with Crippen LogP contribution in [0, 0.1) is 0 Å². The maximum atomic E-state index is 6.33. The lowest BCUT2D eigenvalue weighted by Crippen LogP contribution is -2.28. The molecule has 0 radical (unpaired) electrons. The zero-order chi connectivity index (χ0) is 46.2. The highest BCUT2D eigenvalue weighted by Crippen LogP contribution is 2.59. The first kappa shape index (κ1) is 39.9. The fraction of sp³-hybridized carbons (Fsp3) is 0.0149. The van der Waals surface area contributed by atoms with E-state index < -0.39 is 5.41 Å². The normalized spacial score (nSPS) is 12.7. The Morgan fingerprint density at radius 3 is 1.54 bits per heavy atom. The molecule has 3 nitrogen and oxygen atoms in total. The van der Waals surface area contributed by atoms with Crippen molar-refractivity contribution in [3.8, 4) is 44.5 Å². The molecular formula is C67H43NO2. The molecule has 0 unspecified atom stereocenters. The molecule has 328 valence electrons. The van der Waals surface area contributed by atoms with Crippen LogP contribution < -0.4 is 4.90 Å². The van der Waals surface area contributed by atoms with Crippen molar-refractivity contribution in [1.82, 2.24) is 0 Å². The van der Waals surface area contributed by atoms with Crippen molar-refractivity contribution < 1.29 is 8.83 Å². The standard InChI is InChI=1S/C67H43NO2/c1-3-18-49(19-4-1)67(50-20-5-2-6-21-50)58-26-10-7-23-55(58)66-59(67)27-15-28-60(66)68(52-39-34-45(35-40-52)53-25-14-31-64-65(53)56-24-9-12-30-62(56)70-64)51-37-32-44(33-38-51)46-16-13-17-47(42-46)48-36-41-63-57(43-48)54-22-8-11-29-61(54)69-63/h1-43H. The Kier molecular flexibility index (Phi) is 9.11. The lowest BCUT2D eigenvalue weighted by molar-refractivity contribution is 0.668. The van der Waals surface area contributed by atoms with Crippen LogP contribution in [0.3, 0.4) is 0 Å². The fourth-order valence-electron chi connectivity index (χ4n) is 11.5. The Hall–Kier alpha value is -9.18. The summed E-state index contributed by atoms with van der Waals surface area (Å²) in [5.74, 6) is 0. The van der Waals surface area contributed by atoms with E-state index in [1.54, 1.807) is 0 Å². The van der Waals surface area contributed by atoms with Crippen LogP contribution in [-0.2, 0) is 5.41 Å². The second kappa shape index (κ2) is 16.0. The van der Waals surface area contributed by atoms with Crippen molar-refractivity contribution in [2.75, 3.05) is 4.90 Å². The largest absolute Gasteiger partial charge is 0.456 e. The van der Waals surface area contributed by atoms with Gasteiger partial charge in [0.15, 0.2) is 0 Å². The highest BCUT2D eigenvalue weighted by molar-refractivity contribution is 6.12. The zero-order valence-electron chi connectivity index (χ0n) is 38.1. The number of hydrogen-bond donors (Lipinski definition) is 0. The van der Waals surface area contributed by atoms with Gasteiger partial charge in [0.2, 0.25) is 0 Å². The first-order valence-electron chi connectivity index (χ1n) is 24.0. The van der Waals surface area contributed by atoms with Gasteiger partial charge >= 0.3 is 0 Å². The smallest absolute Gasteiger partial charge is 0.136 e. The van der Waals surface area contributed by atoms with Gasteiger partial charge in [0, 0.05) is 38.5 Å². The zero-order valence-corrected chi connectivity index (χ0v) is 38.1. The van der Waals surface area contributed by atoms with Crippen LogP contribution in [0.15, 0.2) is 270 Å². The van der Waals surface area contributed by atoms with E-state index in [0.717, 1.165) is 94.3 Å². The van der Waals surface area contributed by atoms with E-state index >= 15 is 0 Å². The lowest BCUT2D eigenvalue weighted by atomic mass is 9.68. The third-order valence-electron chi connectivity index (χ3n) is 14.6. The summed E-state index contributed by atoms with van der Waals surface area (Å²) in [7, 11) is 0. The van der Waals surface area contributed by atoms with E-state index in [1.165, 1.54) is 33.4 Å². The molecule has 14 rings (SSSR count). The monoisotopic (exact) mass is 893 g/mol. The molecule has 0 fully saturated rings. The van der Waals surface area contributed by atoms with E-state index in [9.17, 15) is 0 Å². The van der Waals surface area contributed by atoms with Gasteiger partial charge in [0.25, 0.3) is 0 Å². The molecule has 2 heterocycles. The van der Waals surface area contributed by atoms with Crippen molar-refractivity contribution in [3.63, 3.8) is 0 Å². The molecule has 1 aliphatic carbocycles. The van der Waals surface area contributed by atoms with E-state index in [-0.39, 0.29) is 0 Å². The summed E-state index contributed by atoms with van der Waals surface area (Å²) in [6.45, 7) is 0. The topological polar surface area (TPSA) is 29.5 Å². The first-order chi connectivity index (χ1) is 34.7. The molecule has 0 saturated carbocycles. The number of hydrogen-bond acceptors (Lipinski definition) is 3. The average molecular weight is 894 g/mol. The summed E-state index contributed by atoms with van der Waals surface area (Å²) in [5, 5.41) is 4.51. The third-order valence-corrected chi connectivity index (χ3v) is 14.6. The molecule has 0 amide bonds. The molecule has 70 heavy (non-hydrogen) atoms. The number of benzene rings is 11. The molecule has 0 N–H and O–H groups in total. The van der Waals surface area contributed by atoms with E-state index in [2.05, 4.69) is 241 Å². The average Bonchev–Trinajstić information content (AvgIpc) is 4.11. The molecule has 1 aliphatic rings. The van der Waals surface area contributed by atoms with Crippen LogP contribution in [0.5, 0.6) is 0 Å². The summed E-state index contributed by atoms with van der Waals surface area (Å²) in [4.78, 5) is 2.45. The van der Waals surface area contributed by atoms with Crippen LogP contribution in [0.4, 0.5) is 17.1 Å². The Balaban J connectivity index is 0.928. The van der Waals surface area contributed by atoms with Gasteiger partial charge in [-0.1, -0.05) is 194 Å². The lowest BCUT2D eigenvalue weighted by Gasteiger charge is -2.34. The molecule has 0 bridgehead atoms. The van der Waals surface area contributed by atoms with E-state index in [0.29, 0.717) is 0 Å². The van der Waals surface area contributed by atoms with Crippen LogP contribution >= 0.6 is 0 Å². The highest BCUT2D eigenvalue weighted by Gasteiger charge is 2.47. The highest BCUT2D eigenvalue weighted by atomic mass is 16.3. The SMILES string of the molecule is c1ccc(C2(c3ccccc3)c3ccccc3-c3c(N(c4ccc(-c5cccc(-c6ccc7oc8ccccc8c7c6)c5)cc4)c4ccc(-c5cccc6oc7ccccc7c56)cc4)cccc32)cc1. The molecule has 0 spiro atoms. The Morgan fingerprint density at radius 2 is 0.800 bits per heavy atom. The predicted molar refractivity (Wildman–Crippen MR) is 289 cm³/mol. The maximum absolute atomic E-state index is 6.33. The van der Waals surface area contributed by atoms with Crippen molar-refractivity contribution in [3.05, 3.63) is 283 Å². The molecule has 3 heteroatoms. The quantitative estimate of drug-likeness (QED) is 0.152. The predicted octanol–water partition coefficient (Wildman–Crippen LogP) is 18.3. The molecule has 0 atom stereocenters. The van der Waals surface area contributed by atoms with Gasteiger partial charge in [-0.3, -0.25) is 0 Å². The van der Waals surface area contributed by atoms with Crippen LogP contribution in [0.2, 0.25) is 0 Å². The first-order valence-corrected chi connectivity index (χ1v) is 24.0. The molecule has 11 aromatic carbocycles. The fourth-order valence-corrected chi connectivity index (χ4v) is 11.5. The van der Waals surface area contributed by atoms with Crippen molar-refractivity contribution in [1.29, 1.82) is 0 Å². The second-order valence-electron chi connectivity index (χ2n) is 18.3. The second-order valence-corrected chi connectivity index (χ2v) is 18.3. The summed E-state index contributed by atoms with van der Waals surface area (Å²) in [6, 6.07) is 94.4. The molecule has 0 aliphatic heterocycles. The molecule has 13 aromatic rings. The number of fused-ring (bicyclic) bond motifs is 9. The minimum atomic E-state index is -0.532. The third kappa shape index (κ3) is 6.15. The van der Waals surface area contributed by atoms with Gasteiger partial charge in [-0.25, -0.2) is 0 Å². The number of anilines is 3. The molecular weight excluding hydrogens is 851 g/mol. The molecule has 0 saturated heterocycles. The molecule has 2 aromatic heterocycles. The van der Waals surface area contributed by atoms with Crippen LogP contribution in [0.1, 0.15) is 22.3 Å². The Labute approximate surface area is 405 Å². The van der Waals surface area contributed by atoms with Gasteiger partial charge < -0.3 is 13.7 Å². The van der Waals surface area contributed by atoms with E-state index in [1.807, 2.05) is 24.3 Å². The van der Waals surface area contributed by atoms with Gasteiger partial charge in [0.1, 0.15) is 22.3 Å². The van der Waals surface area contributed by atoms with Crippen LogP contribution in [-0.4, -0.2) is 0 Å². The summed E-state index contributed by atoms with van der Waals surface area (Å²) >= 11 is 0. The number of furan rings is 2. The van der Waals surface area contributed by atoms with E-state index in [4.69, 9.17) is 8.83 Å². The minimum absolute atomic E-state index is 0.532. The maximum Gasteiger partial charge on any atom is 0.136 e. The van der Waals surface area contributed by atoms with Crippen molar-refractivity contribution >= 4 is 60.9 Å². The number of rotatable bonds is 8. The minimum Gasteiger partial charge on any atom is -0.456 e. The summed E-state index contributed by atoms with van der Waals surface area (Å²) in [6.07, 6.45) is 0. The van der Waals surface area contributed by atoms with Gasteiger partial charge in [-0.2, -0.15) is 0 Å². The summed E-state index contributed by atoms with van der Waals surface area (Å²) < 4.78 is 12.5. The van der Waals surface area contributed by atoms with Crippen molar-refractivity contribution in [2.45, 2.75) is 5.41 Å². The van der Waals surface area contributed by atoms with Gasteiger partial charge in [-0.15, -0.1) is 0 Å². The van der Waals surface area contributed by atoms with Crippen LogP contribution in [0.25, 0.3) is 88.4 Å². The number of para-hydroxylation sites is 2.